The minimum absolute atomic E-state index is 0.132. The second kappa shape index (κ2) is 11.7. The molecule has 3 heterocycles. The summed E-state index contributed by atoms with van der Waals surface area (Å²) in [5, 5.41) is 18.5. The van der Waals surface area contributed by atoms with Crippen LogP contribution in [0.2, 0.25) is 5.02 Å². The van der Waals surface area contributed by atoms with Gasteiger partial charge in [-0.25, -0.2) is 4.79 Å². The maximum Gasteiger partial charge on any atom is 0.490 e. The second-order valence-corrected chi connectivity index (χ2v) is 9.28. The summed E-state index contributed by atoms with van der Waals surface area (Å²) in [6.45, 7) is 2.88. The number of alkyl halides is 3. The predicted octanol–water partition coefficient (Wildman–Crippen LogP) is 6.00. The van der Waals surface area contributed by atoms with Gasteiger partial charge in [-0.15, -0.1) is 0 Å². The van der Waals surface area contributed by atoms with Crippen LogP contribution in [0.1, 0.15) is 22.3 Å². The first-order valence-electron chi connectivity index (χ1n) is 9.95. The highest BCUT2D eigenvalue weighted by Gasteiger charge is 2.38. The van der Waals surface area contributed by atoms with Gasteiger partial charge in [0.2, 0.25) is 0 Å². The quantitative estimate of drug-likeness (QED) is 0.407. The lowest BCUT2D eigenvalue weighted by atomic mass is 10.2. The smallest absolute Gasteiger partial charge is 0.487 e. The summed E-state index contributed by atoms with van der Waals surface area (Å²) in [7, 11) is 0. The van der Waals surface area contributed by atoms with E-state index in [4.69, 9.17) is 26.2 Å². The number of carbonyl (C=O) groups excluding carboxylic acids is 1. The van der Waals surface area contributed by atoms with E-state index >= 15 is 0 Å². The fourth-order valence-corrected chi connectivity index (χ4v) is 4.65. The van der Waals surface area contributed by atoms with Gasteiger partial charge in [0.05, 0.1) is 10.6 Å². The van der Waals surface area contributed by atoms with Crippen LogP contribution in [0.5, 0.6) is 5.75 Å². The van der Waals surface area contributed by atoms with E-state index in [9.17, 15) is 18.0 Å². The van der Waals surface area contributed by atoms with Crippen molar-refractivity contribution in [3.8, 4) is 5.75 Å². The zero-order valence-corrected chi connectivity index (χ0v) is 19.9. The van der Waals surface area contributed by atoms with Crippen LogP contribution in [0.15, 0.2) is 51.9 Å². The highest BCUT2D eigenvalue weighted by molar-refractivity contribution is 7.08. The van der Waals surface area contributed by atoms with Gasteiger partial charge in [0.25, 0.3) is 5.91 Å². The van der Waals surface area contributed by atoms with E-state index in [1.54, 1.807) is 23.5 Å². The molecule has 1 aromatic carbocycles. The number of carboxylic acid groups (broad SMARTS) is 1. The maximum absolute atomic E-state index is 12.1. The Labute approximate surface area is 206 Å². The number of hydrogen-bond acceptors (Lipinski definition) is 6. The highest BCUT2D eigenvalue weighted by atomic mass is 35.5. The van der Waals surface area contributed by atoms with E-state index in [0.717, 1.165) is 26.1 Å². The molecule has 1 aliphatic heterocycles. The molecule has 1 aliphatic rings. The number of carboxylic acids is 1. The number of halogens is 4. The molecule has 12 heteroatoms. The fourth-order valence-electron chi connectivity index (χ4n) is 3.13. The van der Waals surface area contributed by atoms with E-state index < -0.39 is 12.1 Å². The molecule has 34 heavy (non-hydrogen) atoms. The number of ether oxygens (including phenoxy) is 1. The van der Waals surface area contributed by atoms with Crippen LogP contribution in [0.25, 0.3) is 0 Å². The van der Waals surface area contributed by atoms with Crippen molar-refractivity contribution in [2.75, 3.05) is 18.4 Å². The summed E-state index contributed by atoms with van der Waals surface area (Å²) < 4.78 is 37.8. The van der Waals surface area contributed by atoms with Crippen molar-refractivity contribution in [3.63, 3.8) is 0 Å². The monoisotopic (exact) mass is 532 g/mol. The Morgan fingerprint density at radius 2 is 1.88 bits per heavy atom. The third-order valence-electron chi connectivity index (χ3n) is 4.72. The molecule has 6 nitrogen and oxygen atoms in total. The number of nitrogens with one attached hydrogen (secondary N) is 1. The summed E-state index contributed by atoms with van der Waals surface area (Å²) in [4.78, 5) is 23.4. The van der Waals surface area contributed by atoms with Crippen molar-refractivity contribution in [2.24, 2.45) is 0 Å². The summed E-state index contributed by atoms with van der Waals surface area (Å²) in [5.74, 6) is -2.24. The van der Waals surface area contributed by atoms with Crippen LogP contribution in [-0.4, -0.2) is 47.3 Å². The molecule has 182 valence electrons. The molecule has 3 aromatic rings. The largest absolute Gasteiger partial charge is 0.490 e. The summed E-state index contributed by atoms with van der Waals surface area (Å²) in [5.41, 5.74) is 2.66. The lowest BCUT2D eigenvalue weighted by molar-refractivity contribution is -0.192. The Kier molecular flexibility index (Phi) is 8.95. The number of rotatable bonds is 6. The molecule has 4 rings (SSSR count). The molecule has 0 bridgehead atoms. The number of benzene rings is 1. The van der Waals surface area contributed by atoms with Crippen LogP contribution in [0.4, 0.5) is 18.9 Å². The van der Waals surface area contributed by atoms with E-state index in [1.165, 1.54) is 16.9 Å². The normalized spacial score (nSPS) is 15.9. The Morgan fingerprint density at radius 1 is 1.18 bits per heavy atom. The minimum atomic E-state index is -5.08. The van der Waals surface area contributed by atoms with Gasteiger partial charge in [0.1, 0.15) is 11.9 Å². The molecule has 1 atom stereocenters. The van der Waals surface area contributed by atoms with Crippen LogP contribution in [0, 0.1) is 0 Å². The van der Waals surface area contributed by atoms with Crippen molar-refractivity contribution >= 4 is 51.8 Å². The third kappa shape index (κ3) is 7.73. The van der Waals surface area contributed by atoms with Gasteiger partial charge < -0.3 is 15.2 Å². The van der Waals surface area contributed by atoms with Crippen LogP contribution in [-0.2, 0) is 11.3 Å². The second-order valence-electron chi connectivity index (χ2n) is 7.31. The molecule has 0 spiro atoms. The summed E-state index contributed by atoms with van der Waals surface area (Å²) >= 11 is 9.60. The predicted molar refractivity (Wildman–Crippen MR) is 126 cm³/mol. The number of anilines is 1. The van der Waals surface area contributed by atoms with Crippen LogP contribution in [0.3, 0.4) is 0 Å². The Morgan fingerprint density at radius 3 is 2.47 bits per heavy atom. The lowest BCUT2D eigenvalue weighted by Gasteiger charge is -2.17. The molecule has 2 N–H and O–H groups in total. The Balaban J connectivity index is 0.000000406. The molecule has 0 saturated carbocycles. The van der Waals surface area contributed by atoms with Gasteiger partial charge in [-0.3, -0.25) is 9.69 Å². The Hall–Kier alpha value is -2.60. The molecule has 0 aliphatic carbocycles. The van der Waals surface area contributed by atoms with Crippen molar-refractivity contribution in [1.29, 1.82) is 0 Å². The van der Waals surface area contributed by atoms with Gasteiger partial charge in [0.15, 0.2) is 0 Å². The van der Waals surface area contributed by atoms with Gasteiger partial charge in [-0.05, 0) is 58.5 Å². The number of likely N-dealkylation sites (tertiary alicyclic amines) is 1. The van der Waals surface area contributed by atoms with Gasteiger partial charge >= 0.3 is 12.1 Å². The molecule has 1 amide bonds. The van der Waals surface area contributed by atoms with E-state index in [-0.39, 0.29) is 12.0 Å². The first-order valence-corrected chi connectivity index (χ1v) is 12.2. The molecule has 1 unspecified atom stereocenters. The van der Waals surface area contributed by atoms with Gasteiger partial charge in [-0.1, -0.05) is 11.6 Å². The number of aliphatic carboxylic acids is 1. The topological polar surface area (TPSA) is 78.9 Å². The number of nitrogens with zero attached hydrogens (tertiary/aromatic N) is 1. The SMILES string of the molecule is O=C(Nc1ccc(OC2CCN(Cc3ccsc3)C2)c(Cl)c1)c1ccsc1.O=C(O)C(F)(F)F. The number of thiophene rings is 2. The average Bonchev–Trinajstić information content (AvgIpc) is 3.53. The minimum Gasteiger partial charge on any atom is -0.487 e. The maximum atomic E-state index is 12.1. The lowest BCUT2D eigenvalue weighted by Crippen LogP contribution is -2.24. The molecular formula is C22H20ClF3N2O4S2. The third-order valence-corrected chi connectivity index (χ3v) is 6.44. The van der Waals surface area contributed by atoms with Crippen molar-refractivity contribution in [1.82, 2.24) is 4.90 Å². The highest BCUT2D eigenvalue weighted by Crippen LogP contribution is 2.30. The van der Waals surface area contributed by atoms with E-state index in [0.29, 0.717) is 22.0 Å². The van der Waals surface area contributed by atoms with Crippen molar-refractivity contribution in [2.45, 2.75) is 25.2 Å². The number of amides is 1. The van der Waals surface area contributed by atoms with Gasteiger partial charge in [0, 0.05) is 30.7 Å². The van der Waals surface area contributed by atoms with Crippen molar-refractivity contribution in [3.05, 3.63) is 68.0 Å². The van der Waals surface area contributed by atoms with Crippen LogP contribution >= 0.6 is 34.3 Å². The van der Waals surface area contributed by atoms with Gasteiger partial charge in [-0.2, -0.15) is 35.8 Å². The number of carbonyl (C=O) groups is 2. The first-order chi connectivity index (χ1) is 16.1. The fraction of sp³-hybridized carbons (Fsp3) is 0.273. The number of hydrogen-bond donors (Lipinski definition) is 2. The zero-order chi connectivity index (χ0) is 24.7. The zero-order valence-electron chi connectivity index (χ0n) is 17.5. The Bertz CT molecular complexity index is 1090. The average molecular weight is 533 g/mol. The first kappa shape index (κ1) is 26.0. The standard InChI is InChI=1S/C20H19ClN2O2S2.C2HF3O2/c21-18-9-16(22-20(24)15-5-8-27-13-15)1-2-19(18)25-17-3-6-23(11-17)10-14-4-7-26-12-14;3-2(4,5)1(6)7/h1-2,4-5,7-9,12-13,17H,3,6,10-11H2,(H,22,24);(H,6,7). The molecule has 2 aromatic heterocycles. The van der Waals surface area contributed by atoms with Crippen LogP contribution < -0.4 is 10.1 Å². The molecule has 0 radical (unpaired) electrons. The van der Waals surface area contributed by atoms with E-state index in [1.807, 2.05) is 22.9 Å². The molecular weight excluding hydrogens is 513 g/mol. The van der Waals surface area contributed by atoms with E-state index in [2.05, 4.69) is 27.0 Å². The van der Waals surface area contributed by atoms with Crippen molar-refractivity contribution < 1.29 is 32.6 Å². The summed E-state index contributed by atoms with van der Waals surface area (Å²) in [6, 6.07) is 9.34. The molecule has 1 fully saturated rings. The summed E-state index contributed by atoms with van der Waals surface area (Å²) in [6.07, 6.45) is -3.97. The molecule has 1 saturated heterocycles.